The van der Waals surface area contributed by atoms with Crippen molar-refractivity contribution < 1.29 is 47.8 Å². The standard InChI is InChI=1S/C39H47N9O10S2/c1-36(2,3)56-31(51)38(7,8)58-44-24(27-42-33(60-45-27)43-34(53)57-37(4,5)6)28(49)41-25-29(50)46-21-39(59-30(25)46,47-19-20-48(40)35(47)54)32(52)55-26(22-15-11-9-12-16-22)23-17-13-10-14-18-23/h9-18,25-26,30H,19-21,40H2,1-8H3,(H,41,49)(H,42,43,45,53)/b44-24-/t25-,30-,39-/m1/s1. The van der Waals surface area contributed by atoms with Crippen LogP contribution in [-0.4, -0.2) is 118 Å². The number of thioether (sulfide) groups is 1. The molecule has 4 heterocycles. The molecule has 3 aliphatic rings. The van der Waals surface area contributed by atoms with E-state index in [-0.39, 0.29) is 30.6 Å². The fourth-order valence-electron chi connectivity index (χ4n) is 6.22. The lowest BCUT2D eigenvalue weighted by Gasteiger charge is -2.41. The van der Waals surface area contributed by atoms with Gasteiger partial charge in [0.25, 0.3) is 5.91 Å². The van der Waals surface area contributed by atoms with E-state index in [1.807, 2.05) is 60.7 Å². The first-order chi connectivity index (χ1) is 28.1. The molecule has 320 valence electrons. The summed E-state index contributed by atoms with van der Waals surface area (Å²) < 4.78 is 21.2. The molecule has 0 bridgehead atoms. The van der Waals surface area contributed by atoms with Gasteiger partial charge in [-0.1, -0.05) is 77.6 Å². The van der Waals surface area contributed by atoms with Crippen LogP contribution in [0, 0.1) is 0 Å². The Hall–Kier alpha value is -5.80. The van der Waals surface area contributed by atoms with Crippen molar-refractivity contribution in [3.63, 3.8) is 0 Å². The number of ether oxygens (including phenoxy) is 3. The number of esters is 2. The first kappa shape index (κ1) is 43.8. The highest BCUT2D eigenvalue weighted by Crippen LogP contribution is 2.51. The number of hydrogen-bond acceptors (Lipinski definition) is 16. The van der Waals surface area contributed by atoms with Crippen LogP contribution in [0.3, 0.4) is 0 Å². The summed E-state index contributed by atoms with van der Waals surface area (Å²) in [4.78, 5) is 92.3. The van der Waals surface area contributed by atoms with Crippen molar-refractivity contribution in [2.75, 3.05) is 25.0 Å². The molecule has 0 radical (unpaired) electrons. The Morgan fingerprint density at radius 2 is 1.50 bits per heavy atom. The van der Waals surface area contributed by atoms with E-state index in [1.165, 1.54) is 23.6 Å². The van der Waals surface area contributed by atoms with Gasteiger partial charge in [0.2, 0.25) is 33.0 Å². The summed E-state index contributed by atoms with van der Waals surface area (Å²) in [5.41, 5.74) is -2.61. The Morgan fingerprint density at radius 3 is 2.05 bits per heavy atom. The van der Waals surface area contributed by atoms with Crippen LogP contribution in [0.25, 0.3) is 0 Å². The van der Waals surface area contributed by atoms with Gasteiger partial charge in [0, 0.05) is 18.1 Å². The van der Waals surface area contributed by atoms with E-state index in [4.69, 9.17) is 24.9 Å². The molecule has 1 aromatic heterocycles. The van der Waals surface area contributed by atoms with Gasteiger partial charge >= 0.3 is 24.1 Å². The van der Waals surface area contributed by atoms with E-state index in [2.05, 4.69) is 25.1 Å². The molecule has 3 fully saturated rings. The number of fused-ring (bicyclic) bond motifs is 1. The van der Waals surface area contributed by atoms with Crippen molar-refractivity contribution in [2.45, 2.75) is 94.6 Å². The number of hydrazine groups is 1. The zero-order valence-corrected chi connectivity index (χ0v) is 35.9. The van der Waals surface area contributed by atoms with Crippen LogP contribution in [-0.2, 0) is 38.2 Å². The summed E-state index contributed by atoms with van der Waals surface area (Å²) in [6, 6.07) is 16.3. The van der Waals surface area contributed by atoms with E-state index in [0.29, 0.717) is 22.7 Å². The molecule has 5 amide bonds. The number of urea groups is 1. The zero-order valence-electron chi connectivity index (χ0n) is 34.3. The number of carbonyl (C=O) groups excluding carboxylic acids is 6. The van der Waals surface area contributed by atoms with Gasteiger partial charge in [-0.2, -0.15) is 9.36 Å². The molecule has 0 saturated carbocycles. The van der Waals surface area contributed by atoms with Crippen LogP contribution in [0.15, 0.2) is 65.8 Å². The number of nitrogens with one attached hydrogen (secondary N) is 2. The summed E-state index contributed by atoms with van der Waals surface area (Å²) in [5.74, 6) is 2.52. The lowest BCUT2D eigenvalue weighted by Crippen LogP contribution is -2.68. The molecule has 0 aliphatic carbocycles. The smallest absolute Gasteiger partial charge is 0.414 e. The maximum absolute atomic E-state index is 14.6. The largest absolute Gasteiger partial charge is 0.457 e. The number of carbonyl (C=O) groups is 6. The third-order valence-corrected chi connectivity index (χ3v) is 11.4. The number of hydrogen-bond donors (Lipinski definition) is 3. The van der Waals surface area contributed by atoms with Gasteiger partial charge in [-0.05, 0) is 66.5 Å². The maximum Gasteiger partial charge on any atom is 0.414 e. The maximum atomic E-state index is 14.6. The van der Waals surface area contributed by atoms with Crippen LogP contribution < -0.4 is 16.5 Å². The molecule has 3 atom stereocenters. The molecule has 3 aliphatic heterocycles. The summed E-state index contributed by atoms with van der Waals surface area (Å²) in [7, 11) is 0. The van der Waals surface area contributed by atoms with Crippen molar-refractivity contribution in [1.82, 2.24) is 29.5 Å². The number of β-lactam (4-membered cyclic amide) rings is 1. The fraction of sp³-hybridized carbons (Fsp3) is 0.462. The minimum atomic E-state index is -1.76. The highest BCUT2D eigenvalue weighted by Gasteiger charge is 2.67. The number of amides is 5. The molecule has 0 spiro atoms. The first-order valence-electron chi connectivity index (χ1n) is 18.9. The van der Waals surface area contributed by atoms with Crippen molar-refractivity contribution in [3.05, 3.63) is 77.6 Å². The third-order valence-electron chi connectivity index (χ3n) is 9.07. The quantitative estimate of drug-likeness (QED) is 0.0447. The number of nitrogens with two attached hydrogens (primary N) is 1. The molecule has 6 rings (SSSR count). The Labute approximate surface area is 354 Å². The average Bonchev–Trinajstić information content (AvgIpc) is 3.88. The predicted octanol–water partition coefficient (Wildman–Crippen LogP) is 3.77. The van der Waals surface area contributed by atoms with E-state index < -0.39 is 80.8 Å². The Kier molecular flexibility index (Phi) is 12.2. The van der Waals surface area contributed by atoms with Crippen molar-refractivity contribution in [3.8, 4) is 0 Å². The van der Waals surface area contributed by atoms with Gasteiger partial charge < -0.3 is 29.3 Å². The molecule has 3 aromatic rings. The minimum Gasteiger partial charge on any atom is -0.457 e. The number of anilines is 1. The summed E-state index contributed by atoms with van der Waals surface area (Å²) in [6.07, 6.45) is -1.70. The summed E-state index contributed by atoms with van der Waals surface area (Å²) in [5, 5.41) is 9.13. The Bertz CT molecular complexity index is 2140. The van der Waals surface area contributed by atoms with E-state index in [0.717, 1.165) is 16.8 Å². The van der Waals surface area contributed by atoms with Gasteiger partial charge in [-0.25, -0.2) is 25.0 Å². The molecule has 0 unspecified atom stereocenters. The topological polar surface area (TPSA) is 237 Å². The molecule has 60 heavy (non-hydrogen) atoms. The van der Waals surface area contributed by atoms with Gasteiger partial charge in [-0.3, -0.25) is 24.8 Å². The van der Waals surface area contributed by atoms with Gasteiger partial charge in [0.15, 0.2) is 6.10 Å². The second kappa shape index (κ2) is 16.7. The SMILES string of the molecule is CC(C)(C)OC(=O)Nc1nc(/C(=N/OC(C)(C)C(=O)OC(C)(C)C)C(=O)N[C@@H]2C(=O)N3C[C@@](C(=O)OC(c4ccccc4)c4ccccc4)(N4CCN(N)C4=O)S[C@H]23)ns1. The van der Waals surface area contributed by atoms with Crippen LogP contribution >= 0.6 is 23.3 Å². The normalized spacial score (nSPS) is 20.7. The highest BCUT2D eigenvalue weighted by molar-refractivity contribution is 8.02. The number of oxime groups is 1. The molecule has 19 nitrogen and oxygen atoms in total. The van der Waals surface area contributed by atoms with Crippen LogP contribution in [0.4, 0.5) is 14.7 Å². The van der Waals surface area contributed by atoms with Crippen molar-refractivity contribution in [2.24, 2.45) is 11.0 Å². The second-order valence-corrected chi connectivity index (χ2v) is 18.7. The predicted molar refractivity (Wildman–Crippen MR) is 219 cm³/mol. The zero-order chi connectivity index (χ0) is 43.8. The first-order valence-corrected chi connectivity index (χ1v) is 20.5. The monoisotopic (exact) mass is 865 g/mol. The van der Waals surface area contributed by atoms with Crippen molar-refractivity contribution >= 4 is 70.0 Å². The van der Waals surface area contributed by atoms with Crippen LogP contribution in [0.2, 0.25) is 0 Å². The van der Waals surface area contributed by atoms with E-state index >= 15 is 0 Å². The molecule has 21 heteroatoms. The minimum absolute atomic E-state index is 0.0553. The highest BCUT2D eigenvalue weighted by atomic mass is 32.2. The molecule has 2 aromatic carbocycles. The summed E-state index contributed by atoms with van der Waals surface area (Å²) in [6.45, 7) is 12.7. The van der Waals surface area contributed by atoms with Crippen LogP contribution in [0.1, 0.15) is 78.4 Å². The molecule has 4 N–H and O–H groups in total. The van der Waals surface area contributed by atoms with Gasteiger partial charge in [0.05, 0.1) is 13.1 Å². The number of aromatic nitrogens is 2. The molecular formula is C39H47N9O10S2. The number of rotatable bonds is 12. The Balaban J connectivity index is 1.28. The average molecular weight is 866 g/mol. The number of nitrogens with zero attached hydrogens (tertiary/aromatic N) is 6. The van der Waals surface area contributed by atoms with E-state index in [1.54, 1.807) is 41.5 Å². The fourth-order valence-corrected chi connectivity index (χ4v) is 8.46. The Morgan fingerprint density at radius 1 is 0.900 bits per heavy atom. The van der Waals surface area contributed by atoms with Crippen molar-refractivity contribution in [1.29, 1.82) is 0 Å². The lowest BCUT2D eigenvalue weighted by molar-refractivity contribution is -0.179. The van der Waals surface area contributed by atoms with E-state index in [9.17, 15) is 28.8 Å². The third kappa shape index (κ3) is 9.47. The molecule has 3 saturated heterocycles. The van der Waals surface area contributed by atoms with Gasteiger partial charge in [-0.15, -0.1) is 0 Å². The lowest BCUT2D eigenvalue weighted by atomic mass is 10.0. The number of benzene rings is 2. The summed E-state index contributed by atoms with van der Waals surface area (Å²) >= 11 is 1.68. The van der Waals surface area contributed by atoms with Gasteiger partial charge in [0.1, 0.15) is 22.6 Å². The van der Waals surface area contributed by atoms with Crippen LogP contribution in [0.5, 0.6) is 0 Å². The molecular weight excluding hydrogens is 819 g/mol. The second-order valence-electron chi connectivity index (χ2n) is 16.5.